The molecule has 0 atom stereocenters. The van der Waals surface area contributed by atoms with Crippen LogP contribution in [0.15, 0.2) is 79.0 Å². The number of carbonyl (C=O) groups is 1. The predicted molar refractivity (Wildman–Crippen MR) is 113 cm³/mol. The summed E-state index contributed by atoms with van der Waals surface area (Å²) in [5, 5.41) is 3.97. The summed E-state index contributed by atoms with van der Waals surface area (Å²) in [6, 6.07) is 21.7. The molecular formula is C24H21FN2O2. The van der Waals surface area contributed by atoms with Gasteiger partial charge in [-0.15, -0.1) is 0 Å². The second-order valence-electron chi connectivity index (χ2n) is 6.88. The quantitative estimate of drug-likeness (QED) is 0.504. The minimum atomic E-state index is -0.248. The topological polar surface area (TPSA) is 43.3 Å². The van der Waals surface area contributed by atoms with Gasteiger partial charge in [0.25, 0.3) is 0 Å². The number of halogens is 1. The van der Waals surface area contributed by atoms with Gasteiger partial charge in [-0.05, 0) is 53.6 Å². The number of rotatable bonds is 6. The summed E-state index contributed by atoms with van der Waals surface area (Å²) in [5.74, 6) is 0.411. The predicted octanol–water partition coefficient (Wildman–Crippen LogP) is 5.02. The van der Waals surface area contributed by atoms with Crippen LogP contribution in [0, 0.1) is 5.82 Å². The molecule has 1 heterocycles. The molecular weight excluding hydrogens is 367 g/mol. The fourth-order valence-electron chi connectivity index (χ4n) is 3.43. The van der Waals surface area contributed by atoms with Gasteiger partial charge in [0.05, 0.1) is 13.5 Å². The van der Waals surface area contributed by atoms with Gasteiger partial charge in [-0.25, -0.2) is 4.39 Å². The maximum atomic E-state index is 13.2. The van der Waals surface area contributed by atoms with Crippen LogP contribution < -0.4 is 10.1 Å². The molecule has 4 rings (SSSR count). The number of anilines is 1. The van der Waals surface area contributed by atoms with Crippen LogP contribution in [0.1, 0.15) is 11.1 Å². The largest absolute Gasteiger partial charge is 0.497 e. The molecule has 29 heavy (non-hydrogen) atoms. The number of fused-ring (bicyclic) bond motifs is 1. The SMILES string of the molecule is COc1ccc(NC(=O)Cc2cn(Cc3ccc(F)cc3)c3ccccc23)cc1. The van der Waals surface area contributed by atoms with E-state index >= 15 is 0 Å². The second kappa shape index (κ2) is 8.19. The minimum absolute atomic E-state index is 0.0835. The van der Waals surface area contributed by atoms with Crippen molar-refractivity contribution < 1.29 is 13.9 Å². The number of ether oxygens (including phenoxy) is 1. The minimum Gasteiger partial charge on any atom is -0.497 e. The van der Waals surface area contributed by atoms with Crippen LogP contribution in [-0.4, -0.2) is 17.6 Å². The van der Waals surface area contributed by atoms with Crippen molar-refractivity contribution in [2.75, 3.05) is 12.4 Å². The number of carbonyl (C=O) groups excluding carboxylic acids is 1. The molecule has 3 aromatic carbocycles. The molecule has 146 valence electrons. The Balaban J connectivity index is 1.55. The Morgan fingerprint density at radius 3 is 2.45 bits per heavy atom. The van der Waals surface area contributed by atoms with Crippen LogP contribution in [0.3, 0.4) is 0 Å². The van der Waals surface area contributed by atoms with E-state index in [4.69, 9.17) is 4.74 Å². The van der Waals surface area contributed by atoms with E-state index in [-0.39, 0.29) is 18.1 Å². The molecule has 5 heteroatoms. The molecule has 1 N–H and O–H groups in total. The number of methoxy groups -OCH3 is 1. The third-order valence-electron chi connectivity index (χ3n) is 4.86. The maximum absolute atomic E-state index is 13.2. The van der Waals surface area contributed by atoms with Crippen molar-refractivity contribution in [2.45, 2.75) is 13.0 Å². The van der Waals surface area contributed by atoms with E-state index in [0.717, 1.165) is 33.5 Å². The van der Waals surface area contributed by atoms with Crippen LogP contribution in [0.4, 0.5) is 10.1 Å². The molecule has 0 spiro atoms. The van der Waals surface area contributed by atoms with Gasteiger partial charge in [-0.1, -0.05) is 30.3 Å². The van der Waals surface area contributed by atoms with E-state index < -0.39 is 0 Å². The van der Waals surface area contributed by atoms with Crippen molar-refractivity contribution >= 4 is 22.5 Å². The number of aromatic nitrogens is 1. The average molecular weight is 388 g/mol. The highest BCUT2D eigenvalue weighted by Gasteiger charge is 2.12. The van der Waals surface area contributed by atoms with Crippen molar-refractivity contribution in [3.8, 4) is 5.75 Å². The Morgan fingerprint density at radius 1 is 1.00 bits per heavy atom. The fourth-order valence-corrected chi connectivity index (χ4v) is 3.43. The molecule has 1 aromatic heterocycles. The first kappa shape index (κ1) is 18.7. The highest BCUT2D eigenvalue weighted by molar-refractivity contribution is 5.96. The maximum Gasteiger partial charge on any atom is 0.228 e. The van der Waals surface area contributed by atoms with Crippen LogP contribution in [0.25, 0.3) is 10.9 Å². The Bertz CT molecular complexity index is 1130. The van der Waals surface area contributed by atoms with Gasteiger partial charge in [0.15, 0.2) is 0 Å². The van der Waals surface area contributed by atoms with E-state index in [2.05, 4.69) is 9.88 Å². The summed E-state index contributed by atoms with van der Waals surface area (Å²) in [7, 11) is 1.61. The normalized spacial score (nSPS) is 10.8. The molecule has 0 saturated heterocycles. The summed E-state index contributed by atoms with van der Waals surface area (Å²) in [4.78, 5) is 12.6. The van der Waals surface area contributed by atoms with Crippen molar-refractivity contribution in [2.24, 2.45) is 0 Å². The zero-order valence-electron chi connectivity index (χ0n) is 16.1. The second-order valence-corrected chi connectivity index (χ2v) is 6.88. The van der Waals surface area contributed by atoms with E-state index in [0.29, 0.717) is 6.54 Å². The van der Waals surface area contributed by atoms with Gasteiger partial charge in [-0.2, -0.15) is 0 Å². The average Bonchev–Trinajstić information content (AvgIpc) is 3.07. The van der Waals surface area contributed by atoms with Gasteiger partial charge >= 0.3 is 0 Å². The summed E-state index contributed by atoms with van der Waals surface area (Å²) in [6.07, 6.45) is 2.27. The fraction of sp³-hybridized carbons (Fsp3) is 0.125. The Hall–Kier alpha value is -3.60. The summed E-state index contributed by atoms with van der Waals surface area (Å²) in [6.45, 7) is 0.612. The van der Waals surface area contributed by atoms with E-state index in [1.165, 1.54) is 12.1 Å². The van der Waals surface area contributed by atoms with Crippen LogP contribution in [-0.2, 0) is 17.8 Å². The molecule has 1 amide bonds. The number of nitrogens with one attached hydrogen (secondary N) is 1. The number of para-hydroxylation sites is 1. The Morgan fingerprint density at radius 2 is 1.72 bits per heavy atom. The summed E-state index contributed by atoms with van der Waals surface area (Å²) in [5.41, 5.74) is 3.73. The number of hydrogen-bond donors (Lipinski definition) is 1. The summed E-state index contributed by atoms with van der Waals surface area (Å²) >= 11 is 0. The molecule has 4 nitrogen and oxygen atoms in total. The molecule has 0 aliphatic carbocycles. The molecule has 0 aliphatic heterocycles. The van der Waals surface area contributed by atoms with Crippen LogP contribution in [0.2, 0.25) is 0 Å². The summed E-state index contributed by atoms with van der Waals surface area (Å²) < 4.78 is 20.4. The zero-order valence-corrected chi connectivity index (χ0v) is 16.1. The molecule has 0 fully saturated rings. The van der Waals surface area contributed by atoms with Crippen LogP contribution >= 0.6 is 0 Å². The molecule has 0 bridgehead atoms. The number of hydrogen-bond acceptors (Lipinski definition) is 2. The number of benzene rings is 3. The smallest absolute Gasteiger partial charge is 0.228 e. The third kappa shape index (κ3) is 4.29. The lowest BCUT2D eigenvalue weighted by molar-refractivity contribution is -0.115. The molecule has 0 aliphatic rings. The van der Waals surface area contributed by atoms with Gasteiger partial charge < -0.3 is 14.6 Å². The highest BCUT2D eigenvalue weighted by Crippen LogP contribution is 2.24. The standard InChI is InChI=1S/C24H21FN2O2/c1-29-21-12-10-20(11-13-21)26-24(28)14-18-16-27(23-5-3-2-4-22(18)23)15-17-6-8-19(25)9-7-17/h2-13,16H,14-15H2,1H3,(H,26,28). The van der Waals surface area contributed by atoms with Gasteiger partial charge in [0, 0.05) is 29.3 Å². The monoisotopic (exact) mass is 388 g/mol. The van der Waals surface area contributed by atoms with Crippen molar-refractivity contribution in [1.82, 2.24) is 4.57 Å². The number of nitrogens with zero attached hydrogens (tertiary/aromatic N) is 1. The highest BCUT2D eigenvalue weighted by atomic mass is 19.1. The van der Waals surface area contributed by atoms with Crippen molar-refractivity contribution in [1.29, 1.82) is 0 Å². The third-order valence-corrected chi connectivity index (χ3v) is 4.86. The Kier molecular flexibility index (Phi) is 5.29. The molecule has 4 aromatic rings. The molecule has 0 radical (unpaired) electrons. The lowest BCUT2D eigenvalue weighted by Crippen LogP contribution is -2.14. The van der Waals surface area contributed by atoms with Gasteiger partial charge in [0.1, 0.15) is 11.6 Å². The first-order valence-electron chi connectivity index (χ1n) is 9.37. The van der Waals surface area contributed by atoms with E-state index in [1.807, 2.05) is 54.7 Å². The van der Waals surface area contributed by atoms with Crippen molar-refractivity contribution in [3.05, 3.63) is 95.9 Å². The first-order chi connectivity index (χ1) is 14.1. The van der Waals surface area contributed by atoms with Crippen LogP contribution in [0.5, 0.6) is 5.75 Å². The Labute approximate surface area is 168 Å². The van der Waals surface area contributed by atoms with Gasteiger partial charge in [-0.3, -0.25) is 4.79 Å². The molecule has 0 saturated carbocycles. The molecule has 0 unspecified atom stereocenters. The van der Waals surface area contributed by atoms with E-state index in [1.54, 1.807) is 19.2 Å². The van der Waals surface area contributed by atoms with E-state index in [9.17, 15) is 9.18 Å². The first-order valence-corrected chi connectivity index (χ1v) is 9.37. The lowest BCUT2D eigenvalue weighted by Gasteiger charge is -2.06. The number of amides is 1. The lowest BCUT2D eigenvalue weighted by atomic mass is 10.1. The zero-order chi connectivity index (χ0) is 20.2. The van der Waals surface area contributed by atoms with Gasteiger partial charge in [0.2, 0.25) is 5.91 Å². The van der Waals surface area contributed by atoms with Crippen molar-refractivity contribution in [3.63, 3.8) is 0 Å².